The van der Waals surface area contributed by atoms with Crippen molar-refractivity contribution < 1.29 is 23.1 Å². The number of carboxylic acids is 1. The summed E-state index contributed by atoms with van der Waals surface area (Å²) in [5.74, 6) is -4.47. The van der Waals surface area contributed by atoms with Crippen LogP contribution in [0.5, 0.6) is 0 Å². The van der Waals surface area contributed by atoms with E-state index in [0.717, 1.165) is 0 Å². The van der Waals surface area contributed by atoms with Crippen LogP contribution in [0.25, 0.3) is 0 Å². The predicted octanol–water partition coefficient (Wildman–Crippen LogP) is 1.08. The molecule has 0 fully saturated rings. The maximum absolute atomic E-state index is 11.3. The molecule has 0 aromatic rings. The van der Waals surface area contributed by atoms with Gasteiger partial charge in [-0.1, -0.05) is 0 Å². The molecule has 0 aliphatic heterocycles. The van der Waals surface area contributed by atoms with Crippen molar-refractivity contribution in [2.75, 3.05) is 0 Å². The van der Waals surface area contributed by atoms with Crippen LogP contribution in [0.15, 0.2) is 0 Å². The van der Waals surface area contributed by atoms with Gasteiger partial charge in [0.25, 0.3) is 0 Å². The van der Waals surface area contributed by atoms with Crippen LogP contribution < -0.4 is 0 Å². The highest BCUT2D eigenvalue weighted by atomic mass is 19.4. The molecule has 53 valence electrons. The summed E-state index contributed by atoms with van der Waals surface area (Å²) in [5.41, 5.74) is 0. The van der Waals surface area contributed by atoms with E-state index in [9.17, 15) is 18.0 Å². The Morgan fingerprint density at radius 3 is 1.89 bits per heavy atom. The van der Waals surface area contributed by atoms with Gasteiger partial charge in [0.05, 0.1) is 0 Å². The van der Waals surface area contributed by atoms with Crippen LogP contribution in [-0.4, -0.2) is 17.3 Å². The summed E-state index contributed by atoms with van der Waals surface area (Å²) in [7, 11) is 0. The molecule has 5 heteroatoms. The van der Waals surface area contributed by atoms with Crippen LogP contribution in [0, 0.1) is 12.8 Å². The quantitative estimate of drug-likeness (QED) is 0.593. The number of halogens is 3. The van der Waals surface area contributed by atoms with E-state index in [-0.39, 0.29) is 0 Å². The van der Waals surface area contributed by atoms with Crippen molar-refractivity contribution >= 4 is 5.97 Å². The third-order valence-corrected chi connectivity index (χ3v) is 0.693. The van der Waals surface area contributed by atoms with Gasteiger partial charge in [0.15, 0.2) is 5.92 Å². The fraction of sp³-hybridized carbons (Fsp3) is 0.500. The van der Waals surface area contributed by atoms with E-state index in [0.29, 0.717) is 0 Å². The topological polar surface area (TPSA) is 37.3 Å². The lowest BCUT2D eigenvalue weighted by molar-refractivity contribution is -0.184. The molecule has 1 N–H and O–H groups in total. The van der Waals surface area contributed by atoms with Crippen molar-refractivity contribution in [3.63, 3.8) is 0 Å². The van der Waals surface area contributed by atoms with E-state index in [4.69, 9.17) is 5.11 Å². The number of hydrogen-bond donors (Lipinski definition) is 1. The number of alkyl halides is 3. The van der Waals surface area contributed by atoms with E-state index >= 15 is 0 Å². The van der Waals surface area contributed by atoms with Crippen LogP contribution in [0.2, 0.25) is 0 Å². The van der Waals surface area contributed by atoms with Crippen LogP contribution in [0.3, 0.4) is 0 Å². The van der Waals surface area contributed by atoms with Gasteiger partial charge in [-0.05, 0) is 6.92 Å². The van der Waals surface area contributed by atoms with E-state index in [1.165, 1.54) is 0 Å². The van der Waals surface area contributed by atoms with Crippen LogP contribution in [0.4, 0.5) is 13.2 Å². The van der Waals surface area contributed by atoms with Crippen molar-refractivity contribution in [2.24, 2.45) is 5.92 Å². The molecule has 0 aliphatic rings. The van der Waals surface area contributed by atoms with Crippen LogP contribution in [-0.2, 0) is 4.79 Å². The Bertz CT molecular complexity index is 117. The number of carboxylic acid groups (broad SMARTS) is 1. The summed E-state index contributed by atoms with van der Waals surface area (Å²) in [6.07, 6.45) is -4.73. The van der Waals surface area contributed by atoms with Crippen molar-refractivity contribution in [2.45, 2.75) is 6.18 Å². The van der Waals surface area contributed by atoms with Crippen LogP contribution in [0.1, 0.15) is 0 Å². The van der Waals surface area contributed by atoms with E-state index < -0.39 is 18.1 Å². The zero-order valence-electron chi connectivity index (χ0n) is 4.27. The van der Waals surface area contributed by atoms with Gasteiger partial charge in [-0.3, -0.25) is 4.79 Å². The van der Waals surface area contributed by atoms with Crippen molar-refractivity contribution in [1.29, 1.82) is 0 Å². The lowest BCUT2D eigenvalue weighted by Crippen LogP contribution is -2.27. The second-order valence-corrected chi connectivity index (χ2v) is 1.43. The minimum absolute atomic E-state index is 1.96. The summed E-state index contributed by atoms with van der Waals surface area (Å²) in [6.45, 7) is 2.38. The molecule has 0 spiro atoms. The lowest BCUT2D eigenvalue weighted by Gasteiger charge is -2.08. The van der Waals surface area contributed by atoms with Gasteiger partial charge in [0.1, 0.15) is 0 Å². The first-order valence-electron chi connectivity index (χ1n) is 1.98. The molecule has 0 saturated carbocycles. The molecule has 0 heterocycles. The maximum Gasteiger partial charge on any atom is 0.402 e. The molecule has 0 aliphatic carbocycles. The number of carbonyl (C=O) groups is 1. The Hall–Kier alpha value is -0.740. The van der Waals surface area contributed by atoms with E-state index in [1.54, 1.807) is 0 Å². The van der Waals surface area contributed by atoms with Gasteiger partial charge >= 0.3 is 12.1 Å². The minimum Gasteiger partial charge on any atom is -0.481 e. The van der Waals surface area contributed by atoms with Gasteiger partial charge in [0.2, 0.25) is 0 Å². The molecule has 1 radical (unpaired) electrons. The van der Waals surface area contributed by atoms with Gasteiger partial charge in [-0.25, -0.2) is 0 Å². The summed E-state index contributed by atoms with van der Waals surface area (Å²) in [4.78, 5) is 9.56. The van der Waals surface area contributed by atoms with E-state index in [2.05, 4.69) is 6.92 Å². The molecule has 0 saturated heterocycles. The standard InChI is InChI=1S/C4H4F3O2/c1-2(3(8)9)4(5,6)7/h2H,1H2,(H,8,9). The third kappa shape index (κ3) is 2.34. The van der Waals surface area contributed by atoms with Gasteiger partial charge in [-0.2, -0.15) is 13.2 Å². The average Bonchev–Trinajstić information content (AvgIpc) is 1.62. The Morgan fingerprint density at radius 2 is 1.89 bits per heavy atom. The largest absolute Gasteiger partial charge is 0.481 e. The van der Waals surface area contributed by atoms with Gasteiger partial charge < -0.3 is 5.11 Å². The average molecular weight is 141 g/mol. The molecule has 0 rings (SSSR count). The van der Waals surface area contributed by atoms with Crippen molar-refractivity contribution in [3.8, 4) is 0 Å². The first-order valence-corrected chi connectivity index (χ1v) is 1.98. The lowest BCUT2D eigenvalue weighted by atomic mass is 10.2. The fourth-order valence-electron chi connectivity index (χ4n) is 0.140. The summed E-state index contributed by atoms with van der Waals surface area (Å²) < 4.78 is 33.8. The fourth-order valence-corrected chi connectivity index (χ4v) is 0.140. The smallest absolute Gasteiger partial charge is 0.402 e. The highest BCUT2D eigenvalue weighted by Crippen LogP contribution is 2.24. The first kappa shape index (κ1) is 8.26. The van der Waals surface area contributed by atoms with Crippen LogP contribution >= 0.6 is 0 Å². The summed E-state index contributed by atoms with van der Waals surface area (Å²) >= 11 is 0. The Morgan fingerprint density at radius 1 is 1.56 bits per heavy atom. The maximum atomic E-state index is 11.3. The molecule has 1 unspecified atom stereocenters. The number of hydrogen-bond acceptors (Lipinski definition) is 1. The number of rotatable bonds is 1. The van der Waals surface area contributed by atoms with Crippen molar-refractivity contribution in [3.05, 3.63) is 6.92 Å². The van der Waals surface area contributed by atoms with E-state index in [1.807, 2.05) is 0 Å². The van der Waals surface area contributed by atoms with Crippen molar-refractivity contribution in [1.82, 2.24) is 0 Å². The molecule has 1 atom stereocenters. The second kappa shape index (κ2) is 2.24. The van der Waals surface area contributed by atoms with Gasteiger partial charge in [0, 0.05) is 0 Å². The second-order valence-electron chi connectivity index (χ2n) is 1.43. The Labute approximate surface area is 49.3 Å². The zero-order valence-corrected chi connectivity index (χ0v) is 4.27. The SMILES string of the molecule is [CH2]C(C(=O)O)C(F)(F)F. The molecule has 2 nitrogen and oxygen atoms in total. The molecule has 0 aromatic heterocycles. The number of aliphatic carboxylic acids is 1. The molecule has 0 amide bonds. The highest BCUT2D eigenvalue weighted by Gasteiger charge is 2.41. The Balaban J connectivity index is 4.04. The normalized spacial score (nSPS) is 15.1. The predicted molar refractivity (Wildman–Crippen MR) is 22.5 cm³/mol. The molecule has 9 heavy (non-hydrogen) atoms. The summed E-state index contributed by atoms with van der Waals surface area (Å²) in [5, 5.41) is 7.74. The third-order valence-electron chi connectivity index (χ3n) is 0.693. The molecular formula is C4H4F3O2. The Kier molecular flexibility index (Phi) is 2.06. The molecule has 0 aromatic carbocycles. The monoisotopic (exact) mass is 141 g/mol. The van der Waals surface area contributed by atoms with Gasteiger partial charge in [-0.15, -0.1) is 0 Å². The zero-order chi connectivity index (χ0) is 7.65. The molecular weight excluding hydrogens is 137 g/mol. The summed E-state index contributed by atoms with van der Waals surface area (Å²) in [6, 6.07) is 0. The first-order chi connectivity index (χ1) is 3.85. The highest BCUT2D eigenvalue weighted by molar-refractivity contribution is 5.71. The minimum atomic E-state index is -4.73. The molecule has 0 bridgehead atoms.